The summed E-state index contributed by atoms with van der Waals surface area (Å²) in [7, 11) is 1.06. The van der Waals surface area contributed by atoms with Crippen molar-refractivity contribution in [3.63, 3.8) is 0 Å². The second-order valence-electron chi connectivity index (χ2n) is 14.5. The van der Waals surface area contributed by atoms with Gasteiger partial charge in [-0.2, -0.15) is 4.98 Å². The minimum atomic E-state index is -2.14. The highest BCUT2D eigenvalue weighted by atomic mass is 31.2. The van der Waals surface area contributed by atoms with Crippen LogP contribution in [0.4, 0.5) is 10.2 Å². The quantitative estimate of drug-likeness (QED) is 0.0799. The summed E-state index contributed by atoms with van der Waals surface area (Å²) < 4.78 is 54.7. The van der Waals surface area contributed by atoms with Gasteiger partial charge in [0.15, 0.2) is 6.67 Å². The van der Waals surface area contributed by atoms with Crippen molar-refractivity contribution in [1.29, 1.82) is 0 Å². The van der Waals surface area contributed by atoms with Gasteiger partial charge in [-0.25, -0.2) is 9.18 Å². The summed E-state index contributed by atoms with van der Waals surface area (Å²) in [6.45, 7) is -1.24. The highest BCUT2D eigenvalue weighted by Crippen LogP contribution is 2.56. The van der Waals surface area contributed by atoms with Gasteiger partial charge in [0.05, 0.1) is 33.5 Å². The van der Waals surface area contributed by atoms with E-state index in [9.17, 15) is 18.8 Å². The molecule has 0 spiro atoms. The molecule has 318 valence electrons. The molecule has 0 bridgehead atoms. The Morgan fingerprint density at radius 2 is 1.39 bits per heavy atom. The number of carbonyl (C=O) groups is 2. The molecule has 0 aliphatic carbocycles. The van der Waals surface area contributed by atoms with E-state index in [4.69, 9.17) is 28.0 Å². The summed E-state index contributed by atoms with van der Waals surface area (Å²) in [5.74, 6) is 0.186. The number of carbonyl (C=O) groups excluding carboxylic acids is 2. The normalized spacial score (nSPS) is 19.9. The molecule has 1 aromatic heterocycles. The third-order valence-corrected chi connectivity index (χ3v) is 12.5. The molecule has 5 aromatic carbocycles. The first-order valence-electron chi connectivity index (χ1n) is 19.9. The topological polar surface area (TPSA) is 140 Å². The van der Waals surface area contributed by atoms with Gasteiger partial charge in [-0.15, -0.1) is 0 Å². The Labute approximate surface area is 358 Å². The Kier molecular flexibility index (Phi) is 13.1. The number of rotatable bonds is 15. The molecule has 3 heterocycles. The second kappa shape index (κ2) is 19.2. The number of alkyl halides is 1. The molecule has 13 nitrogen and oxygen atoms in total. The van der Waals surface area contributed by atoms with Crippen molar-refractivity contribution in [2.24, 2.45) is 0 Å². The van der Waals surface area contributed by atoms with Gasteiger partial charge in [0.1, 0.15) is 41.4 Å². The van der Waals surface area contributed by atoms with Gasteiger partial charge in [-0.1, -0.05) is 103 Å². The molecule has 2 aliphatic heterocycles. The number of anilines is 1. The highest BCUT2D eigenvalue weighted by molar-refractivity contribution is 7.45. The average molecular weight is 859 g/mol. The molecule has 0 unspecified atom stereocenters. The molecular formula is C47H44FN4O9P. The maximum absolute atomic E-state index is 14.1. The monoisotopic (exact) mass is 858 g/mol. The number of nitrogens with one attached hydrogen (secondary N) is 1. The van der Waals surface area contributed by atoms with Gasteiger partial charge < -0.3 is 33.3 Å². The predicted molar refractivity (Wildman–Crippen MR) is 229 cm³/mol. The number of benzene rings is 5. The van der Waals surface area contributed by atoms with Crippen molar-refractivity contribution in [1.82, 2.24) is 14.2 Å². The number of amides is 2. The van der Waals surface area contributed by atoms with E-state index in [0.717, 1.165) is 22.3 Å². The van der Waals surface area contributed by atoms with Gasteiger partial charge in [-0.05, 0) is 64.7 Å². The molecule has 2 saturated heterocycles. The highest BCUT2D eigenvalue weighted by Gasteiger charge is 2.47. The van der Waals surface area contributed by atoms with E-state index in [0.29, 0.717) is 17.1 Å². The Bertz CT molecular complexity index is 2450. The predicted octanol–water partition coefficient (Wildman–Crippen LogP) is 7.99. The van der Waals surface area contributed by atoms with E-state index in [1.807, 2.05) is 109 Å². The van der Waals surface area contributed by atoms with Crippen molar-refractivity contribution in [3.05, 3.63) is 190 Å². The van der Waals surface area contributed by atoms with Crippen molar-refractivity contribution in [2.45, 2.75) is 36.6 Å². The van der Waals surface area contributed by atoms with Crippen LogP contribution < -0.4 is 20.5 Å². The fourth-order valence-corrected chi connectivity index (χ4v) is 9.26. The van der Waals surface area contributed by atoms with E-state index in [2.05, 4.69) is 10.3 Å². The molecule has 2 fully saturated rings. The number of methoxy groups -OCH3 is 2. The van der Waals surface area contributed by atoms with Crippen LogP contribution in [0.1, 0.15) is 51.4 Å². The Hall–Kier alpha value is -6.28. The molecule has 62 heavy (non-hydrogen) atoms. The lowest BCUT2D eigenvalue weighted by Crippen LogP contribution is -2.38. The van der Waals surface area contributed by atoms with Crippen LogP contribution >= 0.6 is 8.53 Å². The average Bonchev–Trinajstić information content (AvgIpc) is 3.94. The number of nitrogens with zero attached hydrogens (tertiary/aromatic N) is 3. The number of halogens is 1. The molecule has 6 aromatic rings. The zero-order valence-corrected chi connectivity index (χ0v) is 34.8. The first-order valence-corrected chi connectivity index (χ1v) is 21.1. The lowest BCUT2D eigenvalue weighted by molar-refractivity contribution is -0.127. The van der Waals surface area contributed by atoms with Crippen LogP contribution in [-0.4, -0.2) is 72.3 Å². The van der Waals surface area contributed by atoms with Crippen molar-refractivity contribution >= 4 is 26.2 Å². The van der Waals surface area contributed by atoms with Crippen LogP contribution in [0.25, 0.3) is 0 Å². The summed E-state index contributed by atoms with van der Waals surface area (Å²) in [4.78, 5) is 43.7. The van der Waals surface area contributed by atoms with Gasteiger partial charge in [0, 0.05) is 18.2 Å². The van der Waals surface area contributed by atoms with Gasteiger partial charge in [0.25, 0.3) is 20.3 Å². The molecule has 1 N–H and O–H groups in total. The van der Waals surface area contributed by atoms with Crippen LogP contribution in [0.15, 0.2) is 157 Å². The number of hydrogen-bond donors (Lipinski definition) is 1. The Morgan fingerprint density at radius 3 is 1.97 bits per heavy atom. The summed E-state index contributed by atoms with van der Waals surface area (Å²) in [5.41, 5.74) is 1.67. The first kappa shape index (κ1) is 42.4. The van der Waals surface area contributed by atoms with E-state index in [1.54, 1.807) is 44.6 Å². The van der Waals surface area contributed by atoms with Crippen LogP contribution in [0, 0.1) is 0 Å². The summed E-state index contributed by atoms with van der Waals surface area (Å²) in [5, 5.41) is 2.67. The minimum absolute atomic E-state index is 0.0626. The SMILES string of the molecule is COc1ccc(C(OC[C@H]2O[C@@H](n3ccc(NC(=O)c4ccccc4)nc3=O)C[C@@H]2O[P@@]2O[C@@H](c3ccccc3)CN2C(=O)CF)(c2ccccc2)c2ccc(OC)cc2)cc1. The fourth-order valence-electron chi connectivity index (χ4n) is 7.61. The van der Waals surface area contributed by atoms with E-state index in [-0.39, 0.29) is 25.4 Å². The Balaban J connectivity index is 1.15. The summed E-state index contributed by atoms with van der Waals surface area (Å²) >= 11 is 0. The molecule has 15 heteroatoms. The molecule has 0 saturated carbocycles. The number of hydrogen-bond acceptors (Lipinski definition) is 10. The van der Waals surface area contributed by atoms with Gasteiger partial charge in [-0.3, -0.25) is 18.8 Å². The molecule has 2 aliphatic rings. The zero-order valence-electron chi connectivity index (χ0n) is 33.9. The molecular weight excluding hydrogens is 815 g/mol. The third kappa shape index (κ3) is 9.01. The third-order valence-electron chi connectivity index (χ3n) is 10.8. The Morgan fingerprint density at radius 1 is 0.806 bits per heavy atom. The lowest BCUT2D eigenvalue weighted by Gasteiger charge is -2.37. The standard InChI is InChI=1S/C47H44FN4O9P/c1-56-37-22-18-35(19-23-37)47(34-16-10-5-11-17-34,36-20-24-38(57-2)25-21-36)58-31-41-39(60-62-52(43(53)29-48)30-40(61-62)32-12-6-3-7-13-32)28-44(59-41)51-27-26-42(50-46(51)55)49-45(54)33-14-8-4-9-15-33/h3-27,39-41,44H,28-31H2,1-2H3,(H,49,50,54,55)/t39-,40+,41+,44+,62-/m0/s1. The smallest absolute Gasteiger partial charge is 0.351 e. The van der Waals surface area contributed by atoms with E-state index < -0.39 is 62.8 Å². The van der Waals surface area contributed by atoms with Crippen LogP contribution in [0.5, 0.6) is 11.5 Å². The summed E-state index contributed by atoms with van der Waals surface area (Å²) in [6, 6.07) is 44.3. The maximum atomic E-state index is 14.1. The second-order valence-corrected chi connectivity index (χ2v) is 15.9. The zero-order chi connectivity index (χ0) is 43.1. The van der Waals surface area contributed by atoms with E-state index >= 15 is 0 Å². The molecule has 5 atom stereocenters. The van der Waals surface area contributed by atoms with Crippen molar-refractivity contribution < 1.29 is 42.0 Å². The summed E-state index contributed by atoms with van der Waals surface area (Å²) in [6.07, 6.45) is -1.59. The fraction of sp³-hybridized carbons (Fsp3) is 0.234. The lowest BCUT2D eigenvalue weighted by atomic mass is 9.80. The van der Waals surface area contributed by atoms with Crippen LogP contribution in [0.3, 0.4) is 0 Å². The van der Waals surface area contributed by atoms with Crippen LogP contribution in [-0.2, 0) is 28.9 Å². The van der Waals surface area contributed by atoms with E-state index in [1.165, 1.54) is 21.5 Å². The van der Waals surface area contributed by atoms with Gasteiger partial charge >= 0.3 is 5.69 Å². The largest absolute Gasteiger partial charge is 0.497 e. The van der Waals surface area contributed by atoms with Crippen molar-refractivity contribution in [3.8, 4) is 11.5 Å². The van der Waals surface area contributed by atoms with Crippen molar-refractivity contribution in [2.75, 3.05) is 39.4 Å². The molecule has 2 amide bonds. The maximum Gasteiger partial charge on any atom is 0.351 e. The first-order chi connectivity index (χ1) is 30.3. The van der Waals surface area contributed by atoms with Gasteiger partial charge in [0.2, 0.25) is 0 Å². The number of ether oxygens (including phenoxy) is 4. The van der Waals surface area contributed by atoms with Crippen LogP contribution in [0.2, 0.25) is 0 Å². The number of aromatic nitrogens is 2. The molecule has 0 radical (unpaired) electrons. The minimum Gasteiger partial charge on any atom is -0.497 e. The molecule has 8 rings (SSSR count).